The molecular formula is C17H17Br2NO4. The number of hydrogen-bond donors (Lipinski definition) is 1. The Kier molecular flexibility index (Phi) is 6.23. The number of halogens is 2. The molecule has 1 aromatic rings. The maximum Gasteiger partial charge on any atom is 0.336 e. The zero-order valence-electron chi connectivity index (χ0n) is 13.5. The number of ether oxygens (including phenoxy) is 2. The molecule has 1 aliphatic rings. The Hall–Kier alpha value is -1.60. The van der Waals surface area contributed by atoms with Crippen LogP contribution in [0, 0.1) is 0 Å². The van der Waals surface area contributed by atoms with Crippen molar-refractivity contribution in [3.8, 4) is 0 Å². The van der Waals surface area contributed by atoms with Crippen molar-refractivity contribution >= 4 is 43.8 Å². The summed E-state index contributed by atoms with van der Waals surface area (Å²) in [5.41, 5.74) is 2.91. The molecule has 2 rings (SSSR count). The molecule has 1 heterocycles. The number of alkyl halides is 1. The number of allylic oxidation sites excluding steroid dienone is 2. The highest BCUT2D eigenvalue weighted by Crippen LogP contribution is 2.39. The number of esters is 2. The van der Waals surface area contributed by atoms with Crippen LogP contribution in [0.4, 0.5) is 0 Å². The maximum atomic E-state index is 12.4. The van der Waals surface area contributed by atoms with Crippen LogP contribution in [0.2, 0.25) is 0 Å². The van der Waals surface area contributed by atoms with Crippen LogP contribution in [0.25, 0.3) is 0 Å². The lowest BCUT2D eigenvalue weighted by molar-refractivity contribution is -0.137. The van der Waals surface area contributed by atoms with Crippen LogP contribution in [-0.4, -0.2) is 31.5 Å². The van der Waals surface area contributed by atoms with Gasteiger partial charge in [-0.1, -0.05) is 44.0 Å². The van der Waals surface area contributed by atoms with Gasteiger partial charge in [-0.05, 0) is 24.6 Å². The van der Waals surface area contributed by atoms with E-state index in [0.717, 1.165) is 10.0 Å². The summed E-state index contributed by atoms with van der Waals surface area (Å²) in [6.07, 6.45) is 0. The fourth-order valence-electron chi connectivity index (χ4n) is 2.72. The molecule has 0 aromatic heterocycles. The number of carbonyl (C=O) groups is 2. The molecule has 1 unspecified atom stereocenters. The molecular weight excluding hydrogens is 442 g/mol. The second-order valence-corrected chi connectivity index (χ2v) is 6.63. The molecule has 1 atom stereocenters. The van der Waals surface area contributed by atoms with Crippen LogP contribution in [0.5, 0.6) is 0 Å². The van der Waals surface area contributed by atoms with Crippen molar-refractivity contribution < 1.29 is 19.1 Å². The third-order valence-corrected chi connectivity index (χ3v) is 4.88. The van der Waals surface area contributed by atoms with Gasteiger partial charge in [-0.15, -0.1) is 0 Å². The maximum absolute atomic E-state index is 12.4. The number of methoxy groups -OCH3 is 2. The topological polar surface area (TPSA) is 64.6 Å². The number of dihydropyridines is 1. The first-order valence-corrected chi connectivity index (χ1v) is 9.04. The molecule has 0 bridgehead atoms. The van der Waals surface area contributed by atoms with E-state index >= 15 is 0 Å². The number of nitrogens with one attached hydrogen (secondary N) is 1. The predicted octanol–water partition coefficient (Wildman–Crippen LogP) is 3.40. The van der Waals surface area contributed by atoms with Gasteiger partial charge in [-0.25, -0.2) is 9.59 Å². The number of benzene rings is 1. The summed E-state index contributed by atoms with van der Waals surface area (Å²) < 4.78 is 10.8. The Morgan fingerprint density at radius 3 is 2.12 bits per heavy atom. The SMILES string of the molecule is COC(=O)C1=C(C)NC(CBr)=C(C(=O)OC)C1c1ccc(Br)cc1. The molecule has 0 fully saturated rings. The third kappa shape index (κ3) is 3.57. The zero-order chi connectivity index (χ0) is 17.9. The van der Waals surface area contributed by atoms with E-state index in [1.54, 1.807) is 6.92 Å². The lowest BCUT2D eigenvalue weighted by Gasteiger charge is -2.30. The van der Waals surface area contributed by atoms with Gasteiger partial charge in [0.1, 0.15) is 0 Å². The highest BCUT2D eigenvalue weighted by atomic mass is 79.9. The molecule has 24 heavy (non-hydrogen) atoms. The standard InChI is InChI=1S/C17H17Br2NO4/c1-9-13(16(21)23-2)14(10-4-6-11(19)7-5-10)15(17(22)24-3)12(8-18)20-9/h4-7,14,20H,8H2,1-3H3. The van der Waals surface area contributed by atoms with Gasteiger partial charge < -0.3 is 14.8 Å². The first-order valence-electron chi connectivity index (χ1n) is 7.13. The highest BCUT2D eigenvalue weighted by Gasteiger charge is 2.38. The average molecular weight is 459 g/mol. The molecule has 0 radical (unpaired) electrons. The highest BCUT2D eigenvalue weighted by molar-refractivity contribution is 9.10. The van der Waals surface area contributed by atoms with Crippen molar-refractivity contribution in [3.63, 3.8) is 0 Å². The van der Waals surface area contributed by atoms with Gasteiger partial charge in [0.2, 0.25) is 0 Å². The number of rotatable bonds is 4. The minimum absolute atomic E-state index is 0.391. The van der Waals surface area contributed by atoms with Crippen molar-refractivity contribution in [1.29, 1.82) is 0 Å². The molecule has 0 spiro atoms. The Labute approximate surface area is 157 Å². The van der Waals surface area contributed by atoms with Crippen LogP contribution in [0.1, 0.15) is 18.4 Å². The van der Waals surface area contributed by atoms with Gasteiger partial charge in [-0.3, -0.25) is 0 Å². The van der Waals surface area contributed by atoms with Crippen molar-refractivity contribution in [3.05, 3.63) is 56.8 Å². The fourth-order valence-corrected chi connectivity index (χ4v) is 3.43. The lowest BCUT2D eigenvalue weighted by atomic mass is 9.80. The summed E-state index contributed by atoms with van der Waals surface area (Å²) in [7, 11) is 2.64. The molecule has 0 saturated heterocycles. The second kappa shape index (κ2) is 7.98. The normalized spacial score (nSPS) is 17.5. The van der Waals surface area contributed by atoms with Crippen LogP contribution < -0.4 is 5.32 Å². The van der Waals surface area contributed by atoms with E-state index in [1.807, 2.05) is 24.3 Å². The van der Waals surface area contributed by atoms with Gasteiger partial charge in [0.05, 0.1) is 31.3 Å². The monoisotopic (exact) mass is 457 g/mol. The summed E-state index contributed by atoms with van der Waals surface area (Å²) in [5.74, 6) is -1.53. The quantitative estimate of drug-likeness (QED) is 0.553. The third-order valence-electron chi connectivity index (χ3n) is 3.79. The van der Waals surface area contributed by atoms with Crippen LogP contribution in [-0.2, 0) is 19.1 Å². The summed E-state index contributed by atoms with van der Waals surface area (Å²) in [4.78, 5) is 24.8. The molecule has 1 N–H and O–H groups in total. The number of hydrogen-bond acceptors (Lipinski definition) is 5. The fraction of sp³-hybridized carbons (Fsp3) is 0.294. The molecule has 0 saturated carbocycles. The molecule has 1 aliphatic heterocycles. The van der Waals surface area contributed by atoms with E-state index in [-0.39, 0.29) is 0 Å². The Bertz CT molecular complexity index is 723. The predicted molar refractivity (Wildman–Crippen MR) is 97.6 cm³/mol. The van der Waals surface area contributed by atoms with E-state index in [2.05, 4.69) is 37.2 Å². The molecule has 0 aliphatic carbocycles. The van der Waals surface area contributed by atoms with Gasteiger partial charge in [0.15, 0.2) is 0 Å². The first-order chi connectivity index (χ1) is 11.4. The smallest absolute Gasteiger partial charge is 0.336 e. The number of carbonyl (C=O) groups excluding carboxylic acids is 2. The first kappa shape index (κ1) is 18.7. The van der Waals surface area contributed by atoms with E-state index in [4.69, 9.17) is 9.47 Å². The molecule has 5 nitrogen and oxygen atoms in total. The van der Waals surface area contributed by atoms with Crippen molar-refractivity contribution in [2.45, 2.75) is 12.8 Å². The summed E-state index contributed by atoms with van der Waals surface area (Å²) >= 11 is 6.78. The second-order valence-electron chi connectivity index (χ2n) is 5.16. The Balaban J connectivity index is 2.70. The van der Waals surface area contributed by atoms with Crippen molar-refractivity contribution in [2.75, 3.05) is 19.5 Å². The van der Waals surface area contributed by atoms with Crippen molar-refractivity contribution in [2.24, 2.45) is 0 Å². The molecule has 0 amide bonds. The molecule has 1 aromatic carbocycles. The van der Waals surface area contributed by atoms with Gasteiger partial charge in [-0.2, -0.15) is 0 Å². The van der Waals surface area contributed by atoms with E-state index in [0.29, 0.717) is 27.9 Å². The van der Waals surface area contributed by atoms with Crippen LogP contribution >= 0.6 is 31.9 Å². The van der Waals surface area contributed by atoms with Crippen molar-refractivity contribution in [1.82, 2.24) is 5.32 Å². The van der Waals surface area contributed by atoms with E-state index in [1.165, 1.54) is 14.2 Å². The van der Waals surface area contributed by atoms with Gasteiger partial charge >= 0.3 is 11.9 Å². The van der Waals surface area contributed by atoms with Crippen LogP contribution in [0.3, 0.4) is 0 Å². The zero-order valence-corrected chi connectivity index (χ0v) is 16.7. The van der Waals surface area contributed by atoms with Crippen LogP contribution in [0.15, 0.2) is 51.3 Å². The minimum Gasteiger partial charge on any atom is -0.466 e. The summed E-state index contributed by atoms with van der Waals surface area (Å²) in [5, 5.41) is 3.54. The van der Waals surface area contributed by atoms with E-state index < -0.39 is 17.9 Å². The van der Waals surface area contributed by atoms with E-state index in [9.17, 15) is 9.59 Å². The van der Waals surface area contributed by atoms with Gasteiger partial charge in [0.25, 0.3) is 0 Å². The van der Waals surface area contributed by atoms with Gasteiger partial charge in [0, 0.05) is 21.2 Å². The Morgan fingerprint density at radius 2 is 1.62 bits per heavy atom. The molecule has 128 valence electrons. The molecule has 7 heteroatoms. The average Bonchev–Trinajstić information content (AvgIpc) is 2.60. The summed E-state index contributed by atoms with van der Waals surface area (Å²) in [6.45, 7) is 1.79. The summed E-state index contributed by atoms with van der Waals surface area (Å²) in [6, 6.07) is 7.46. The Morgan fingerprint density at radius 1 is 1.08 bits per heavy atom. The minimum atomic E-state index is -0.563. The lowest BCUT2D eigenvalue weighted by Crippen LogP contribution is -2.33. The largest absolute Gasteiger partial charge is 0.466 e.